The number of unbranched alkanes of at least 4 members (excludes halogenated alkanes) is 1. The van der Waals surface area contributed by atoms with Gasteiger partial charge in [-0.3, -0.25) is 0 Å². The van der Waals surface area contributed by atoms with E-state index in [4.69, 9.17) is 13.6 Å². The molecule has 3 nitrogen and oxygen atoms in total. The van der Waals surface area contributed by atoms with E-state index in [2.05, 4.69) is 39.8 Å². The molecule has 0 saturated carbocycles. The van der Waals surface area contributed by atoms with Crippen LogP contribution in [0.15, 0.2) is 24.3 Å². The Labute approximate surface area is 130 Å². The summed E-state index contributed by atoms with van der Waals surface area (Å²) in [5, 5.41) is 0. The summed E-state index contributed by atoms with van der Waals surface area (Å²) in [6.07, 6.45) is 3.65. The van der Waals surface area contributed by atoms with Gasteiger partial charge in [-0.25, -0.2) is 0 Å². The van der Waals surface area contributed by atoms with E-state index >= 15 is 0 Å². The number of para-hydroxylation sites is 1. The molecule has 1 aliphatic rings. The summed E-state index contributed by atoms with van der Waals surface area (Å²) in [6, 6.07) is 8.25. The maximum Gasteiger partial charge on any atom is 0.397 e. The molecule has 0 aliphatic carbocycles. The third-order valence-corrected chi connectivity index (χ3v) is 4.76. The van der Waals surface area contributed by atoms with Crippen molar-refractivity contribution >= 4 is 8.60 Å². The smallest absolute Gasteiger partial charge is 0.397 e. The van der Waals surface area contributed by atoms with Gasteiger partial charge in [-0.2, -0.15) is 0 Å². The van der Waals surface area contributed by atoms with Gasteiger partial charge in [0.2, 0.25) is 0 Å². The standard InChI is InChI=1S/C17H27O3P/c1-5-6-9-14(2)15-10-7-8-11-16(15)20-21-18-12-17(3,4)13-19-21/h7-8,10-11,14H,5-6,9,12-13H2,1-4H3. The van der Waals surface area contributed by atoms with Crippen molar-refractivity contribution < 1.29 is 13.6 Å². The average Bonchev–Trinajstić information content (AvgIpc) is 2.47. The highest BCUT2D eigenvalue weighted by molar-refractivity contribution is 7.42. The summed E-state index contributed by atoms with van der Waals surface area (Å²) < 4.78 is 17.5. The fraction of sp³-hybridized carbons (Fsp3) is 0.647. The minimum absolute atomic E-state index is 0.0795. The molecule has 1 atom stereocenters. The molecule has 4 heteroatoms. The topological polar surface area (TPSA) is 27.7 Å². The summed E-state index contributed by atoms with van der Waals surface area (Å²) in [7, 11) is -1.26. The van der Waals surface area contributed by atoms with E-state index in [0.717, 1.165) is 5.75 Å². The highest BCUT2D eigenvalue weighted by atomic mass is 31.2. The third-order valence-electron chi connectivity index (χ3n) is 3.73. The fourth-order valence-corrected chi connectivity index (χ4v) is 3.72. The predicted molar refractivity (Wildman–Crippen MR) is 87.6 cm³/mol. The normalized spacial score (nSPS) is 20.2. The maximum atomic E-state index is 6.00. The molecule has 1 unspecified atom stereocenters. The summed E-state index contributed by atoms with van der Waals surface area (Å²) in [5.41, 5.74) is 1.33. The Morgan fingerprint density at radius 3 is 2.57 bits per heavy atom. The predicted octanol–water partition coefficient (Wildman–Crippen LogP) is 5.66. The van der Waals surface area contributed by atoms with Crippen LogP contribution in [0.3, 0.4) is 0 Å². The van der Waals surface area contributed by atoms with Gasteiger partial charge >= 0.3 is 8.60 Å². The van der Waals surface area contributed by atoms with Crippen molar-refractivity contribution in [2.45, 2.75) is 52.9 Å². The molecule has 1 fully saturated rings. The van der Waals surface area contributed by atoms with Gasteiger partial charge in [0, 0.05) is 5.41 Å². The van der Waals surface area contributed by atoms with Crippen LogP contribution in [-0.2, 0) is 9.05 Å². The van der Waals surface area contributed by atoms with Crippen LogP contribution in [0, 0.1) is 5.41 Å². The number of hydrogen-bond acceptors (Lipinski definition) is 3. The maximum absolute atomic E-state index is 6.00. The highest BCUT2D eigenvalue weighted by Gasteiger charge is 2.31. The van der Waals surface area contributed by atoms with Gasteiger partial charge in [0.1, 0.15) is 5.75 Å². The molecular formula is C17H27O3P. The Morgan fingerprint density at radius 1 is 1.24 bits per heavy atom. The first kappa shape index (κ1) is 16.7. The Morgan fingerprint density at radius 2 is 1.90 bits per heavy atom. The second kappa shape index (κ2) is 7.58. The molecule has 1 saturated heterocycles. The SMILES string of the molecule is CCCCC(C)c1ccccc1OP1OCC(C)(C)CO1. The summed E-state index contributed by atoms with van der Waals surface area (Å²) in [6.45, 7) is 10.1. The lowest BCUT2D eigenvalue weighted by Crippen LogP contribution is -2.29. The Balaban J connectivity index is 2.00. The van der Waals surface area contributed by atoms with Gasteiger partial charge in [-0.05, 0) is 24.0 Å². The number of hydrogen-bond donors (Lipinski definition) is 0. The van der Waals surface area contributed by atoms with Crippen LogP contribution in [0.4, 0.5) is 0 Å². The van der Waals surface area contributed by atoms with Gasteiger partial charge in [0.05, 0.1) is 13.2 Å². The van der Waals surface area contributed by atoms with Crippen LogP contribution in [0.2, 0.25) is 0 Å². The Hall–Kier alpha value is -0.630. The first-order valence-corrected chi connectivity index (χ1v) is 8.94. The van der Waals surface area contributed by atoms with Gasteiger partial charge < -0.3 is 13.6 Å². The molecule has 0 amide bonds. The van der Waals surface area contributed by atoms with Crippen LogP contribution in [0.1, 0.15) is 58.4 Å². The first-order chi connectivity index (χ1) is 10.0. The van der Waals surface area contributed by atoms with Crippen molar-refractivity contribution in [1.82, 2.24) is 0 Å². The van der Waals surface area contributed by atoms with E-state index in [9.17, 15) is 0 Å². The largest absolute Gasteiger partial charge is 0.426 e. The zero-order valence-corrected chi connectivity index (χ0v) is 14.5. The van der Waals surface area contributed by atoms with Crippen molar-refractivity contribution in [3.63, 3.8) is 0 Å². The lowest BCUT2D eigenvalue weighted by Gasteiger charge is -2.32. The van der Waals surface area contributed by atoms with Crippen LogP contribution in [-0.4, -0.2) is 13.2 Å². The van der Waals surface area contributed by atoms with Crippen LogP contribution < -0.4 is 4.52 Å². The minimum Gasteiger partial charge on any atom is -0.426 e. The molecule has 118 valence electrons. The molecule has 1 heterocycles. The van der Waals surface area contributed by atoms with Gasteiger partial charge in [-0.1, -0.05) is 58.7 Å². The number of rotatable bonds is 6. The molecule has 21 heavy (non-hydrogen) atoms. The van der Waals surface area contributed by atoms with Crippen molar-refractivity contribution in [1.29, 1.82) is 0 Å². The second-order valence-electron chi connectivity index (χ2n) is 6.61. The fourth-order valence-electron chi connectivity index (χ4n) is 2.30. The lowest BCUT2D eigenvalue weighted by atomic mass is 9.95. The Bertz CT molecular complexity index is 437. The zero-order chi connectivity index (χ0) is 15.3. The molecule has 1 aromatic carbocycles. The lowest BCUT2D eigenvalue weighted by molar-refractivity contribution is 0.0425. The molecule has 1 aliphatic heterocycles. The van der Waals surface area contributed by atoms with E-state index < -0.39 is 8.60 Å². The second-order valence-corrected chi connectivity index (χ2v) is 7.75. The van der Waals surface area contributed by atoms with Crippen molar-refractivity contribution in [3.05, 3.63) is 29.8 Å². The van der Waals surface area contributed by atoms with Crippen LogP contribution >= 0.6 is 8.60 Å². The van der Waals surface area contributed by atoms with E-state index in [0.29, 0.717) is 19.1 Å². The van der Waals surface area contributed by atoms with Crippen molar-refractivity contribution in [3.8, 4) is 5.75 Å². The molecule has 0 spiro atoms. The first-order valence-electron chi connectivity index (χ1n) is 7.85. The summed E-state index contributed by atoms with van der Waals surface area (Å²) >= 11 is 0. The Kier molecular flexibility index (Phi) is 6.04. The molecule has 2 rings (SSSR count). The molecule has 0 radical (unpaired) electrons. The van der Waals surface area contributed by atoms with Crippen molar-refractivity contribution in [2.75, 3.05) is 13.2 Å². The van der Waals surface area contributed by atoms with E-state index in [1.807, 2.05) is 12.1 Å². The summed E-state index contributed by atoms with van der Waals surface area (Å²) in [5.74, 6) is 1.41. The van der Waals surface area contributed by atoms with Crippen molar-refractivity contribution in [2.24, 2.45) is 5.41 Å². The van der Waals surface area contributed by atoms with E-state index in [-0.39, 0.29) is 5.41 Å². The van der Waals surface area contributed by atoms with Crippen LogP contribution in [0.25, 0.3) is 0 Å². The quantitative estimate of drug-likeness (QED) is 0.635. The molecule has 1 aromatic rings. The molecule has 0 N–H and O–H groups in total. The van der Waals surface area contributed by atoms with E-state index in [1.165, 1.54) is 24.8 Å². The third kappa shape index (κ3) is 4.95. The zero-order valence-electron chi connectivity index (χ0n) is 13.6. The summed E-state index contributed by atoms with van der Waals surface area (Å²) in [4.78, 5) is 0. The van der Waals surface area contributed by atoms with E-state index in [1.54, 1.807) is 0 Å². The van der Waals surface area contributed by atoms with Gasteiger partial charge in [-0.15, -0.1) is 0 Å². The average molecular weight is 310 g/mol. The molecule has 0 bridgehead atoms. The highest BCUT2D eigenvalue weighted by Crippen LogP contribution is 2.48. The van der Waals surface area contributed by atoms with Gasteiger partial charge in [0.25, 0.3) is 0 Å². The molecule has 0 aromatic heterocycles. The minimum atomic E-state index is -1.26. The number of benzene rings is 1. The van der Waals surface area contributed by atoms with Gasteiger partial charge in [0.15, 0.2) is 0 Å². The molecular weight excluding hydrogens is 283 g/mol. The monoisotopic (exact) mass is 310 g/mol. The van der Waals surface area contributed by atoms with Crippen LogP contribution in [0.5, 0.6) is 5.75 Å².